The van der Waals surface area contributed by atoms with Gasteiger partial charge in [0, 0.05) is 30.2 Å². The lowest BCUT2D eigenvalue weighted by Gasteiger charge is -2.42. The van der Waals surface area contributed by atoms with Crippen LogP contribution in [0.1, 0.15) is 24.2 Å². The molecule has 1 aromatic heterocycles. The third-order valence-electron chi connectivity index (χ3n) is 5.56. The van der Waals surface area contributed by atoms with Crippen LogP contribution in [0, 0.1) is 0 Å². The molecule has 4 rings (SSSR count). The van der Waals surface area contributed by atoms with Crippen molar-refractivity contribution < 1.29 is 19.2 Å². The van der Waals surface area contributed by atoms with E-state index >= 15 is 0 Å². The van der Waals surface area contributed by atoms with Gasteiger partial charge in [0.2, 0.25) is 4.90 Å². The van der Waals surface area contributed by atoms with Crippen molar-refractivity contribution in [1.29, 1.82) is 0 Å². The summed E-state index contributed by atoms with van der Waals surface area (Å²) in [4.78, 5) is 32.3. The Kier molecular flexibility index (Phi) is 6.20. The SMILES string of the molecule is CC1CN(C(=O)c2ccc(N[S+]([O-])c3cccc4cccnc34)cc2)CC(C)N1C(=O)O. The van der Waals surface area contributed by atoms with Crippen molar-refractivity contribution in [2.45, 2.75) is 30.8 Å². The van der Waals surface area contributed by atoms with Crippen molar-refractivity contribution in [1.82, 2.24) is 14.8 Å². The molecule has 0 bridgehead atoms. The number of aromatic nitrogens is 1. The second-order valence-corrected chi connectivity index (χ2v) is 9.06. The van der Waals surface area contributed by atoms with Crippen LogP contribution in [0.3, 0.4) is 0 Å². The number of piperazine rings is 1. The van der Waals surface area contributed by atoms with Crippen LogP contribution in [0.4, 0.5) is 10.5 Å². The monoisotopic (exact) mass is 452 g/mol. The van der Waals surface area contributed by atoms with Crippen LogP contribution in [-0.4, -0.2) is 61.6 Å². The van der Waals surface area contributed by atoms with Gasteiger partial charge in [0.05, 0.1) is 17.8 Å². The van der Waals surface area contributed by atoms with Crippen molar-refractivity contribution in [3.63, 3.8) is 0 Å². The summed E-state index contributed by atoms with van der Waals surface area (Å²) in [6.07, 6.45) is 0.698. The Balaban J connectivity index is 1.45. The minimum Gasteiger partial charge on any atom is -0.588 e. The highest BCUT2D eigenvalue weighted by atomic mass is 32.2. The molecule has 1 aliphatic rings. The van der Waals surface area contributed by atoms with E-state index in [-0.39, 0.29) is 18.0 Å². The number of anilines is 1. The number of para-hydroxylation sites is 1. The molecule has 3 unspecified atom stereocenters. The van der Waals surface area contributed by atoms with Gasteiger partial charge in [-0.15, -0.1) is 0 Å². The molecular weight excluding hydrogens is 428 g/mol. The van der Waals surface area contributed by atoms with Gasteiger partial charge in [-0.1, -0.05) is 18.2 Å². The molecule has 2 aromatic carbocycles. The highest BCUT2D eigenvalue weighted by Gasteiger charge is 2.35. The highest BCUT2D eigenvalue weighted by molar-refractivity contribution is 7.93. The van der Waals surface area contributed by atoms with E-state index in [9.17, 15) is 19.2 Å². The van der Waals surface area contributed by atoms with Crippen LogP contribution in [0.2, 0.25) is 0 Å². The molecule has 0 aliphatic carbocycles. The molecule has 0 radical (unpaired) electrons. The van der Waals surface area contributed by atoms with E-state index in [0.717, 1.165) is 5.39 Å². The van der Waals surface area contributed by atoms with Gasteiger partial charge in [0.25, 0.3) is 5.91 Å². The second-order valence-electron chi connectivity index (χ2n) is 7.88. The molecule has 8 nitrogen and oxygen atoms in total. The van der Waals surface area contributed by atoms with Gasteiger partial charge >= 0.3 is 6.09 Å². The fourth-order valence-electron chi connectivity index (χ4n) is 4.12. The summed E-state index contributed by atoms with van der Waals surface area (Å²) in [6, 6.07) is 15.5. The average molecular weight is 453 g/mol. The smallest absolute Gasteiger partial charge is 0.407 e. The van der Waals surface area contributed by atoms with Crippen LogP contribution in [0.15, 0.2) is 65.7 Å². The third kappa shape index (κ3) is 4.35. The van der Waals surface area contributed by atoms with Gasteiger partial charge in [-0.05, 0) is 50.2 Å². The molecular formula is C23H24N4O4S. The Morgan fingerprint density at radius 3 is 2.38 bits per heavy atom. The van der Waals surface area contributed by atoms with E-state index < -0.39 is 17.5 Å². The standard InChI is InChI=1S/C23H24N4O4S/c1-15-13-26(14-16(2)27(15)23(29)30)22(28)18-8-10-19(11-9-18)25-32(31)20-7-3-5-17-6-4-12-24-21(17)20/h3-12,15-16,25H,13-14H2,1-2H3,(H,29,30). The Bertz CT molecular complexity index is 1120. The Labute approximate surface area is 189 Å². The van der Waals surface area contributed by atoms with Crippen molar-refractivity contribution in [2.24, 2.45) is 0 Å². The number of nitrogens with one attached hydrogen (secondary N) is 1. The van der Waals surface area contributed by atoms with Gasteiger partial charge in [-0.25, -0.2) is 9.52 Å². The van der Waals surface area contributed by atoms with Crippen molar-refractivity contribution >= 4 is 40.0 Å². The number of benzene rings is 2. The first-order valence-electron chi connectivity index (χ1n) is 10.3. The number of carboxylic acid groups (broad SMARTS) is 1. The quantitative estimate of drug-likeness (QED) is 0.586. The number of fused-ring (bicyclic) bond motifs is 1. The number of carbonyl (C=O) groups excluding carboxylic acids is 1. The van der Waals surface area contributed by atoms with E-state index in [1.165, 1.54) is 4.90 Å². The Morgan fingerprint density at radius 1 is 1.06 bits per heavy atom. The summed E-state index contributed by atoms with van der Waals surface area (Å²) >= 11 is -1.52. The van der Waals surface area contributed by atoms with Crippen LogP contribution in [-0.2, 0) is 11.4 Å². The van der Waals surface area contributed by atoms with Crippen molar-refractivity contribution in [2.75, 3.05) is 17.8 Å². The van der Waals surface area contributed by atoms with E-state index in [0.29, 0.717) is 34.8 Å². The number of hydrogen-bond donors (Lipinski definition) is 2. The topological polar surface area (TPSA) is 109 Å². The maximum absolute atomic E-state index is 12.9. The molecule has 0 spiro atoms. The first-order chi connectivity index (χ1) is 15.3. The molecule has 3 atom stereocenters. The number of rotatable bonds is 4. The molecule has 1 saturated heterocycles. The van der Waals surface area contributed by atoms with Crippen LogP contribution in [0.25, 0.3) is 10.9 Å². The zero-order chi connectivity index (χ0) is 22.8. The zero-order valence-corrected chi connectivity index (χ0v) is 18.6. The number of amides is 2. The maximum atomic E-state index is 12.9. The molecule has 2 heterocycles. The first-order valence-corrected chi connectivity index (χ1v) is 11.4. The Hall–Kier alpha value is -3.30. The van der Waals surface area contributed by atoms with Crippen LogP contribution in [0.5, 0.6) is 0 Å². The van der Waals surface area contributed by atoms with Gasteiger partial charge in [0.15, 0.2) is 0 Å². The number of hydrogen-bond acceptors (Lipinski definition) is 5. The number of carbonyl (C=O) groups is 2. The minimum absolute atomic E-state index is 0.153. The minimum atomic E-state index is -1.52. The van der Waals surface area contributed by atoms with E-state index in [1.807, 2.05) is 24.3 Å². The largest absolute Gasteiger partial charge is 0.588 e. The van der Waals surface area contributed by atoms with Crippen LogP contribution < -0.4 is 4.72 Å². The van der Waals surface area contributed by atoms with E-state index in [2.05, 4.69) is 9.71 Å². The average Bonchev–Trinajstić information content (AvgIpc) is 2.78. The predicted octanol–water partition coefficient (Wildman–Crippen LogP) is 3.58. The number of pyridine rings is 1. The second kappa shape index (κ2) is 9.05. The molecule has 2 amide bonds. The third-order valence-corrected chi connectivity index (χ3v) is 6.71. The van der Waals surface area contributed by atoms with Gasteiger partial charge < -0.3 is 14.6 Å². The van der Waals surface area contributed by atoms with E-state index in [1.54, 1.807) is 55.3 Å². The van der Waals surface area contributed by atoms with Gasteiger partial charge in [-0.2, -0.15) is 0 Å². The summed E-state index contributed by atoms with van der Waals surface area (Å²) in [7, 11) is 0. The molecule has 9 heteroatoms. The zero-order valence-electron chi connectivity index (χ0n) is 17.8. The molecule has 1 aliphatic heterocycles. The number of nitrogens with zero attached hydrogens (tertiary/aromatic N) is 3. The lowest BCUT2D eigenvalue weighted by Crippen LogP contribution is -2.59. The van der Waals surface area contributed by atoms with Gasteiger partial charge in [0.1, 0.15) is 16.9 Å². The van der Waals surface area contributed by atoms with Crippen molar-refractivity contribution in [3.05, 3.63) is 66.4 Å². The molecule has 0 saturated carbocycles. The molecule has 1 fully saturated rings. The fraction of sp³-hybridized carbons (Fsp3) is 0.261. The lowest BCUT2D eigenvalue weighted by molar-refractivity contribution is 0.0326. The van der Waals surface area contributed by atoms with E-state index in [4.69, 9.17) is 0 Å². The highest BCUT2D eigenvalue weighted by Crippen LogP contribution is 2.24. The lowest BCUT2D eigenvalue weighted by atomic mass is 10.1. The fourth-order valence-corrected chi connectivity index (χ4v) is 5.13. The predicted molar refractivity (Wildman–Crippen MR) is 123 cm³/mol. The molecule has 3 aromatic rings. The summed E-state index contributed by atoms with van der Waals surface area (Å²) in [5.74, 6) is -0.153. The van der Waals surface area contributed by atoms with Gasteiger partial charge in [-0.3, -0.25) is 14.7 Å². The van der Waals surface area contributed by atoms with Crippen LogP contribution >= 0.6 is 0 Å². The summed E-state index contributed by atoms with van der Waals surface area (Å²) in [5, 5.41) is 10.3. The Morgan fingerprint density at radius 2 is 1.72 bits per heavy atom. The summed E-state index contributed by atoms with van der Waals surface area (Å²) in [6.45, 7) is 4.28. The summed E-state index contributed by atoms with van der Waals surface area (Å²) < 4.78 is 15.8. The first kappa shape index (κ1) is 21.9. The van der Waals surface area contributed by atoms with Crippen molar-refractivity contribution in [3.8, 4) is 0 Å². The molecule has 32 heavy (non-hydrogen) atoms. The molecule has 2 N–H and O–H groups in total. The molecule has 166 valence electrons. The summed E-state index contributed by atoms with van der Waals surface area (Å²) in [5.41, 5.74) is 1.79. The maximum Gasteiger partial charge on any atom is 0.407 e. The normalized spacial score (nSPS) is 19.6.